The Morgan fingerprint density at radius 1 is 1.80 bits per heavy atom. The maximum atomic E-state index is 10.3. The van der Waals surface area contributed by atoms with E-state index in [4.69, 9.17) is 10.2 Å². The second-order valence-electron chi connectivity index (χ2n) is 2.24. The number of carbonyl (C=O) groups is 1. The molecule has 59 valence electrons. The predicted molar refractivity (Wildman–Crippen MR) is 36.4 cm³/mol. The van der Waals surface area contributed by atoms with Crippen molar-refractivity contribution < 1.29 is 15.0 Å². The second-order valence-corrected chi connectivity index (χ2v) is 2.24. The quantitative estimate of drug-likeness (QED) is 0.558. The van der Waals surface area contributed by atoms with Gasteiger partial charge in [-0.15, -0.1) is 0 Å². The molecule has 0 aliphatic rings. The van der Waals surface area contributed by atoms with E-state index in [1.165, 1.54) is 6.92 Å². The van der Waals surface area contributed by atoms with E-state index in [9.17, 15) is 4.79 Å². The summed E-state index contributed by atoms with van der Waals surface area (Å²) in [5.74, 6) is 0. The van der Waals surface area contributed by atoms with E-state index in [-0.39, 0.29) is 6.54 Å². The molecule has 0 spiro atoms. The van der Waals surface area contributed by atoms with E-state index >= 15 is 0 Å². The maximum Gasteiger partial charge on any atom is 0.409 e. The monoisotopic (exact) mass is 146 g/mol. The molecule has 4 nitrogen and oxygen atoms in total. The van der Waals surface area contributed by atoms with E-state index in [2.05, 4.69) is 6.92 Å². The van der Waals surface area contributed by atoms with Crippen LogP contribution in [0.15, 0.2) is 0 Å². The van der Waals surface area contributed by atoms with Gasteiger partial charge in [-0.25, -0.2) is 4.79 Å². The lowest BCUT2D eigenvalue weighted by Crippen LogP contribution is -2.46. The zero-order chi connectivity index (χ0) is 8.36. The molecule has 0 aliphatic heterocycles. The highest BCUT2D eigenvalue weighted by atomic mass is 16.4. The summed E-state index contributed by atoms with van der Waals surface area (Å²) >= 11 is 0. The van der Waals surface area contributed by atoms with Crippen molar-refractivity contribution in [2.45, 2.75) is 19.6 Å². The van der Waals surface area contributed by atoms with Gasteiger partial charge in [0.05, 0.1) is 0 Å². The molecule has 1 atom stereocenters. The minimum absolute atomic E-state index is 0.228. The Balaban J connectivity index is 4.22. The highest BCUT2D eigenvalue weighted by Crippen LogP contribution is 2.08. The van der Waals surface area contributed by atoms with E-state index in [0.717, 1.165) is 4.90 Å². The summed E-state index contributed by atoms with van der Waals surface area (Å²) in [6, 6.07) is 0. The molecule has 0 heterocycles. The van der Waals surface area contributed by atoms with Crippen LogP contribution in [-0.4, -0.2) is 33.5 Å². The van der Waals surface area contributed by atoms with Gasteiger partial charge < -0.3 is 10.2 Å². The Kier molecular flexibility index (Phi) is 2.65. The third-order valence-corrected chi connectivity index (χ3v) is 1.13. The number of amides is 1. The van der Waals surface area contributed by atoms with Crippen LogP contribution in [0, 0.1) is 6.92 Å². The zero-order valence-electron chi connectivity index (χ0n) is 6.16. The number of aliphatic hydroxyl groups is 1. The van der Waals surface area contributed by atoms with Crippen LogP contribution in [0.3, 0.4) is 0 Å². The van der Waals surface area contributed by atoms with Crippen LogP contribution in [-0.2, 0) is 0 Å². The molecule has 4 heteroatoms. The van der Waals surface area contributed by atoms with Crippen LogP contribution in [0.5, 0.6) is 0 Å². The van der Waals surface area contributed by atoms with Gasteiger partial charge in [-0.2, -0.15) is 0 Å². The number of hydrogen-bond donors (Lipinski definition) is 2. The smallest absolute Gasteiger partial charge is 0.409 e. The number of carboxylic acid groups (broad SMARTS) is 1. The first-order chi connectivity index (χ1) is 4.39. The predicted octanol–water partition coefficient (Wildman–Crippen LogP) is 0.529. The fraction of sp³-hybridized carbons (Fsp3) is 0.667. The first-order valence-electron chi connectivity index (χ1n) is 2.98. The van der Waals surface area contributed by atoms with Gasteiger partial charge in [0.1, 0.15) is 5.72 Å². The molecule has 1 unspecified atom stereocenters. The van der Waals surface area contributed by atoms with Crippen molar-refractivity contribution >= 4 is 6.09 Å². The number of nitrogens with zero attached hydrogens (tertiary/aromatic N) is 1. The van der Waals surface area contributed by atoms with E-state index < -0.39 is 11.8 Å². The van der Waals surface area contributed by atoms with Crippen LogP contribution >= 0.6 is 0 Å². The van der Waals surface area contributed by atoms with Gasteiger partial charge in [0, 0.05) is 6.54 Å². The fourth-order valence-corrected chi connectivity index (χ4v) is 0.682. The summed E-state index contributed by atoms with van der Waals surface area (Å²) < 4.78 is 0. The van der Waals surface area contributed by atoms with Crippen LogP contribution in [0.25, 0.3) is 0 Å². The average molecular weight is 146 g/mol. The van der Waals surface area contributed by atoms with Gasteiger partial charge in [-0.1, -0.05) is 0 Å². The Morgan fingerprint density at radius 3 is 2.20 bits per heavy atom. The molecule has 0 aromatic carbocycles. The van der Waals surface area contributed by atoms with E-state index in [1.54, 1.807) is 6.92 Å². The third-order valence-electron chi connectivity index (χ3n) is 1.13. The lowest BCUT2D eigenvalue weighted by molar-refractivity contribution is -0.0375. The summed E-state index contributed by atoms with van der Waals surface area (Å²) in [7, 11) is 0. The van der Waals surface area contributed by atoms with E-state index in [1.807, 2.05) is 0 Å². The third kappa shape index (κ3) is 2.23. The minimum Gasteiger partial charge on any atom is -0.465 e. The van der Waals surface area contributed by atoms with Gasteiger partial charge in [0.15, 0.2) is 0 Å². The molecule has 10 heavy (non-hydrogen) atoms. The first kappa shape index (κ1) is 9.23. The SMILES string of the molecule is [CH2]C(C)(O)N(CC)C(=O)O. The molecule has 1 radical (unpaired) electrons. The molecule has 1 amide bonds. The summed E-state index contributed by atoms with van der Waals surface area (Å²) in [5.41, 5.74) is -1.53. The van der Waals surface area contributed by atoms with E-state index in [0.29, 0.717) is 0 Å². The molecule has 0 rings (SSSR count). The Bertz CT molecular complexity index is 127. The van der Waals surface area contributed by atoms with Gasteiger partial charge >= 0.3 is 6.09 Å². The highest BCUT2D eigenvalue weighted by Gasteiger charge is 2.25. The van der Waals surface area contributed by atoms with Gasteiger partial charge in [0.2, 0.25) is 0 Å². The number of hydrogen-bond acceptors (Lipinski definition) is 2. The van der Waals surface area contributed by atoms with Crippen molar-refractivity contribution in [2.75, 3.05) is 6.54 Å². The fourth-order valence-electron chi connectivity index (χ4n) is 0.682. The Labute approximate surface area is 60.1 Å². The summed E-state index contributed by atoms with van der Waals surface area (Å²) in [6.07, 6.45) is -1.16. The molecule has 2 N–H and O–H groups in total. The molecule has 0 saturated carbocycles. The van der Waals surface area contributed by atoms with Crippen LogP contribution < -0.4 is 0 Å². The van der Waals surface area contributed by atoms with Crippen molar-refractivity contribution in [2.24, 2.45) is 0 Å². The van der Waals surface area contributed by atoms with Gasteiger partial charge in [-0.05, 0) is 20.8 Å². The first-order valence-corrected chi connectivity index (χ1v) is 2.98. The van der Waals surface area contributed by atoms with Gasteiger partial charge in [0.25, 0.3) is 0 Å². The van der Waals surface area contributed by atoms with Crippen molar-refractivity contribution in [1.29, 1.82) is 0 Å². The van der Waals surface area contributed by atoms with Crippen molar-refractivity contribution in [1.82, 2.24) is 4.90 Å². The van der Waals surface area contributed by atoms with Crippen molar-refractivity contribution in [3.05, 3.63) is 6.92 Å². The summed E-state index contributed by atoms with van der Waals surface area (Å²) in [6.45, 7) is 6.45. The molecule has 0 bridgehead atoms. The molecule has 0 aromatic rings. The number of rotatable bonds is 2. The van der Waals surface area contributed by atoms with Crippen LogP contribution in [0.2, 0.25) is 0 Å². The maximum absolute atomic E-state index is 10.3. The Morgan fingerprint density at radius 2 is 2.20 bits per heavy atom. The molecular weight excluding hydrogens is 134 g/mol. The molecular formula is C6H12NO3. The Hall–Kier alpha value is -0.770. The molecule has 0 aliphatic carbocycles. The largest absolute Gasteiger partial charge is 0.465 e. The lowest BCUT2D eigenvalue weighted by atomic mass is 10.3. The lowest BCUT2D eigenvalue weighted by Gasteiger charge is -2.29. The molecule has 0 fully saturated rings. The molecule has 0 aromatic heterocycles. The zero-order valence-corrected chi connectivity index (χ0v) is 6.16. The van der Waals surface area contributed by atoms with Crippen LogP contribution in [0.1, 0.15) is 13.8 Å². The van der Waals surface area contributed by atoms with Crippen molar-refractivity contribution in [3.63, 3.8) is 0 Å². The average Bonchev–Trinajstić information content (AvgIpc) is 1.60. The highest BCUT2D eigenvalue weighted by molar-refractivity contribution is 5.65. The van der Waals surface area contributed by atoms with Crippen LogP contribution in [0.4, 0.5) is 4.79 Å². The molecule has 0 saturated heterocycles. The van der Waals surface area contributed by atoms with Crippen molar-refractivity contribution in [3.8, 4) is 0 Å². The summed E-state index contributed by atoms with van der Waals surface area (Å²) in [4.78, 5) is 11.1. The minimum atomic E-state index is -1.53. The second kappa shape index (κ2) is 2.88. The normalized spacial score (nSPS) is 11.2. The summed E-state index contributed by atoms with van der Waals surface area (Å²) in [5, 5.41) is 17.5. The van der Waals surface area contributed by atoms with Gasteiger partial charge in [-0.3, -0.25) is 4.90 Å². The topological polar surface area (TPSA) is 60.8 Å². The standard InChI is InChI=1S/C6H12NO3/c1-4-7(5(8)9)6(2,3)10/h10H,2,4H2,1,3H3,(H,8,9).